The summed E-state index contributed by atoms with van der Waals surface area (Å²) in [7, 11) is -3.74. The van der Waals surface area contributed by atoms with Crippen LogP contribution in [0.2, 0.25) is 5.02 Å². The molecule has 0 spiro atoms. The summed E-state index contributed by atoms with van der Waals surface area (Å²) in [5, 5.41) is 0.224. The van der Waals surface area contributed by atoms with Gasteiger partial charge in [-0.05, 0) is 25.0 Å². The van der Waals surface area contributed by atoms with Crippen LogP contribution >= 0.6 is 11.6 Å². The van der Waals surface area contributed by atoms with Gasteiger partial charge in [0, 0.05) is 23.2 Å². The van der Waals surface area contributed by atoms with Gasteiger partial charge in [-0.2, -0.15) is 4.31 Å². The number of hydrogen-bond acceptors (Lipinski definition) is 3. The molecule has 0 bridgehead atoms. The van der Waals surface area contributed by atoms with E-state index in [0.29, 0.717) is 0 Å². The zero-order valence-corrected chi connectivity index (χ0v) is 12.5. The Kier molecular flexibility index (Phi) is 3.73. The van der Waals surface area contributed by atoms with Gasteiger partial charge in [0.25, 0.3) is 10.0 Å². The van der Waals surface area contributed by atoms with Gasteiger partial charge in [0.15, 0.2) is 5.03 Å². The molecule has 0 radical (unpaired) electrons. The third kappa shape index (κ3) is 2.81. The Morgan fingerprint density at radius 2 is 2.19 bits per heavy atom. The summed E-state index contributed by atoms with van der Waals surface area (Å²) in [5.74, 6) is -0.507. The van der Waals surface area contributed by atoms with Gasteiger partial charge >= 0.3 is 0 Å². The number of aromatic amines is 1. The first-order chi connectivity index (χ1) is 10.00. The Labute approximate surface area is 126 Å². The summed E-state index contributed by atoms with van der Waals surface area (Å²) in [5.41, 5.74) is 0.189. The fraction of sp³-hybridized carbons (Fsp3) is 0.308. The minimum atomic E-state index is -3.74. The molecule has 3 rings (SSSR count). The van der Waals surface area contributed by atoms with Crippen molar-refractivity contribution in [3.05, 3.63) is 47.1 Å². The number of halogens is 2. The topological polar surface area (TPSA) is 66.1 Å². The number of nitrogens with zero attached hydrogens (tertiary/aromatic N) is 2. The highest BCUT2D eigenvalue weighted by atomic mass is 35.5. The molecule has 1 aromatic heterocycles. The molecule has 1 saturated carbocycles. The molecular weight excluding hydrogens is 317 g/mol. The first-order valence-electron chi connectivity index (χ1n) is 6.43. The molecule has 0 aliphatic heterocycles. The van der Waals surface area contributed by atoms with Crippen LogP contribution in [0.1, 0.15) is 18.4 Å². The van der Waals surface area contributed by atoms with Crippen molar-refractivity contribution in [1.29, 1.82) is 0 Å². The average Bonchev–Trinajstić information content (AvgIpc) is 3.10. The predicted molar refractivity (Wildman–Crippen MR) is 75.7 cm³/mol. The van der Waals surface area contributed by atoms with Gasteiger partial charge in [0.05, 0.1) is 12.5 Å². The van der Waals surface area contributed by atoms with E-state index in [4.69, 9.17) is 11.6 Å². The van der Waals surface area contributed by atoms with Gasteiger partial charge in [-0.25, -0.2) is 17.8 Å². The van der Waals surface area contributed by atoms with Crippen LogP contribution in [0.5, 0.6) is 0 Å². The monoisotopic (exact) mass is 329 g/mol. The Balaban J connectivity index is 1.97. The van der Waals surface area contributed by atoms with Crippen LogP contribution < -0.4 is 0 Å². The quantitative estimate of drug-likeness (QED) is 0.916. The smallest absolute Gasteiger partial charge is 0.260 e. The SMILES string of the molecule is O=S(=O)(c1cnc[nH]1)N(Cc1c(F)cccc1Cl)C1CC1. The maximum atomic E-state index is 13.9. The van der Waals surface area contributed by atoms with Gasteiger partial charge in [0.2, 0.25) is 0 Å². The van der Waals surface area contributed by atoms with Crippen molar-refractivity contribution >= 4 is 21.6 Å². The number of hydrogen-bond donors (Lipinski definition) is 1. The third-order valence-electron chi connectivity index (χ3n) is 3.39. The van der Waals surface area contributed by atoms with E-state index in [-0.39, 0.29) is 28.2 Å². The molecule has 1 aromatic carbocycles. The number of nitrogens with one attached hydrogen (secondary N) is 1. The summed E-state index contributed by atoms with van der Waals surface area (Å²) in [6.07, 6.45) is 4.07. The minimum Gasteiger partial charge on any atom is -0.335 e. The van der Waals surface area contributed by atoms with Crippen LogP contribution in [-0.2, 0) is 16.6 Å². The first-order valence-corrected chi connectivity index (χ1v) is 8.25. The first kappa shape index (κ1) is 14.5. The highest BCUT2D eigenvalue weighted by molar-refractivity contribution is 7.89. The zero-order chi connectivity index (χ0) is 15.0. The number of aromatic nitrogens is 2. The fourth-order valence-corrected chi connectivity index (χ4v) is 3.90. The molecule has 8 heteroatoms. The summed E-state index contributed by atoms with van der Waals surface area (Å²) in [6, 6.07) is 4.20. The lowest BCUT2D eigenvalue weighted by atomic mass is 10.2. The zero-order valence-electron chi connectivity index (χ0n) is 11.0. The van der Waals surface area contributed by atoms with Crippen molar-refractivity contribution in [3.63, 3.8) is 0 Å². The maximum absolute atomic E-state index is 13.9. The van der Waals surface area contributed by atoms with Crippen molar-refractivity contribution in [2.45, 2.75) is 30.5 Å². The molecule has 112 valence electrons. The molecule has 1 aliphatic carbocycles. The van der Waals surface area contributed by atoms with Crippen LogP contribution in [0.25, 0.3) is 0 Å². The highest BCUT2D eigenvalue weighted by Crippen LogP contribution is 2.34. The molecule has 0 atom stereocenters. The van der Waals surface area contributed by atoms with Crippen LogP contribution in [0.15, 0.2) is 35.7 Å². The molecule has 1 heterocycles. The maximum Gasteiger partial charge on any atom is 0.260 e. The third-order valence-corrected chi connectivity index (χ3v) is 5.57. The number of imidazole rings is 1. The Morgan fingerprint density at radius 3 is 2.76 bits per heavy atom. The molecule has 1 N–H and O–H groups in total. The molecule has 1 fully saturated rings. The number of sulfonamides is 1. The van der Waals surface area contributed by atoms with Crippen LogP contribution in [0.4, 0.5) is 4.39 Å². The second kappa shape index (κ2) is 5.40. The summed E-state index contributed by atoms with van der Waals surface area (Å²) >= 11 is 5.99. The lowest BCUT2D eigenvalue weighted by Gasteiger charge is -2.21. The number of rotatable bonds is 5. The van der Waals surface area contributed by atoms with E-state index in [2.05, 4.69) is 9.97 Å². The average molecular weight is 330 g/mol. The van der Waals surface area contributed by atoms with E-state index < -0.39 is 15.8 Å². The largest absolute Gasteiger partial charge is 0.335 e. The fourth-order valence-electron chi connectivity index (χ4n) is 2.12. The van der Waals surface area contributed by atoms with Crippen molar-refractivity contribution < 1.29 is 12.8 Å². The number of H-pyrrole nitrogens is 1. The summed E-state index contributed by atoms with van der Waals surface area (Å²) in [6.45, 7) is -0.0858. The molecule has 2 aromatic rings. The van der Waals surface area contributed by atoms with Gasteiger partial charge in [0.1, 0.15) is 5.82 Å². The van der Waals surface area contributed by atoms with E-state index in [0.717, 1.165) is 12.8 Å². The Hall–Kier alpha value is -1.44. The van der Waals surface area contributed by atoms with Crippen molar-refractivity contribution in [1.82, 2.24) is 14.3 Å². The van der Waals surface area contributed by atoms with E-state index in [9.17, 15) is 12.8 Å². The minimum absolute atomic E-state index is 0.00172. The number of benzene rings is 1. The molecule has 1 aliphatic rings. The molecule has 0 amide bonds. The lowest BCUT2D eigenvalue weighted by Crippen LogP contribution is -2.33. The molecule has 0 unspecified atom stereocenters. The van der Waals surface area contributed by atoms with Crippen molar-refractivity contribution in [2.75, 3.05) is 0 Å². The Morgan fingerprint density at radius 1 is 1.43 bits per heavy atom. The van der Waals surface area contributed by atoms with Gasteiger partial charge in [-0.15, -0.1) is 0 Å². The summed E-state index contributed by atoms with van der Waals surface area (Å²) < 4.78 is 40.4. The van der Waals surface area contributed by atoms with E-state index in [1.807, 2.05) is 0 Å². The van der Waals surface area contributed by atoms with E-state index in [1.165, 1.54) is 29.0 Å². The van der Waals surface area contributed by atoms with Gasteiger partial charge in [-0.3, -0.25) is 0 Å². The van der Waals surface area contributed by atoms with E-state index in [1.54, 1.807) is 6.07 Å². The highest BCUT2D eigenvalue weighted by Gasteiger charge is 2.39. The lowest BCUT2D eigenvalue weighted by molar-refractivity contribution is 0.390. The predicted octanol–water partition coefficient (Wildman–Crippen LogP) is 2.56. The second-order valence-corrected chi connectivity index (χ2v) is 7.16. The molecular formula is C13H13ClFN3O2S. The van der Waals surface area contributed by atoms with Crippen molar-refractivity contribution in [2.24, 2.45) is 0 Å². The second-order valence-electron chi connectivity index (χ2n) is 4.90. The van der Waals surface area contributed by atoms with Gasteiger partial charge in [-0.1, -0.05) is 17.7 Å². The van der Waals surface area contributed by atoms with Crippen LogP contribution in [0.3, 0.4) is 0 Å². The summed E-state index contributed by atoms with van der Waals surface area (Å²) in [4.78, 5) is 6.32. The normalized spacial score (nSPS) is 15.6. The van der Waals surface area contributed by atoms with E-state index >= 15 is 0 Å². The molecule has 5 nitrogen and oxygen atoms in total. The molecule has 0 saturated heterocycles. The standard InChI is InChI=1S/C13H13ClFN3O2S/c14-11-2-1-3-12(15)10(11)7-18(9-4-5-9)21(19,20)13-6-16-8-17-13/h1-3,6,8-9H,4-5,7H2,(H,16,17). The van der Waals surface area contributed by atoms with Crippen LogP contribution in [-0.4, -0.2) is 28.7 Å². The van der Waals surface area contributed by atoms with Crippen molar-refractivity contribution in [3.8, 4) is 0 Å². The van der Waals surface area contributed by atoms with Crippen LogP contribution in [0, 0.1) is 5.82 Å². The Bertz CT molecular complexity index is 725. The van der Waals surface area contributed by atoms with Gasteiger partial charge < -0.3 is 4.98 Å². The molecule has 21 heavy (non-hydrogen) atoms.